The van der Waals surface area contributed by atoms with Gasteiger partial charge in [0.2, 0.25) is 0 Å². The smallest absolute Gasteiger partial charge is 0.0866 e. The second-order valence-corrected chi connectivity index (χ2v) is 37.9. The molecule has 8 aromatic carbocycles. The fourth-order valence-electron chi connectivity index (χ4n) is 9.80. The normalized spacial score (nSPS) is 14.3. The first-order valence-electron chi connectivity index (χ1n) is 23.9. The molecule has 5 heterocycles. The van der Waals surface area contributed by atoms with Gasteiger partial charge < -0.3 is 0 Å². The van der Waals surface area contributed by atoms with E-state index in [1.165, 1.54) is 9.79 Å². The van der Waals surface area contributed by atoms with Crippen molar-refractivity contribution in [3.8, 4) is 45.1 Å². The van der Waals surface area contributed by atoms with Crippen molar-refractivity contribution in [2.45, 2.75) is 30.1 Å². The third kappa shape index (κ3) is 9.06. The molecule has 6 nitrogen and oxygen atoms in total. The molecule has 2 N–H and O–H groups in total. The van der Waals surface area contributed by atoms with Crippen molar-refractivity contribution in [2.24, 2.45) is 0 Å². The quantitative estimate of drug-likeness (QED) is 0.128. The Morgan fingerprint density at radius 2 is 0.764 bits per heavy atom. The molecule has 0 radical (unpaired) electrons. The van der Waals surface area contributed by atoms with E-state index in [1.807, 2.05) is 85.7 Å². The first-order chi connectivity index (χ1) is 35.2. The molecule has 4 aromatic heterocycles. The molecule has 0 aliphatic carbocycles. The maximum atomic E-state index is 12.2. The molecule has 356 valence electrons. The number of fused-ring (bicyclic) bond motifs is 6. The van der Waals surface area contributed by atoms with Gasteiger partial charge in [-0.15, -0.1) is 24.3 Å². The number of aryl methyl sites for hydroxylation is 2. The van der Waals surface area contributed by atoms with E-state index in [4.69, 9.17) is 8.83 Å². The van der Waals surface area contributed by atoms with Crippen LogP contribution in [0.15, 0.2) is 226 Å². The van der Waals surface area contributed by atoms with Gasteiger partial charge in [0.25, 0.3) is 0 Å². The van der Waals surface area contributed by atoms with Crippen LogP contribution in [-0.4, -0.2) is 30.9 Å². The van der Waals surface area contributed by atoms with Gasteiger partial charge in [-0.3, -0.25) is 0 Å². The van der Waals surface area contributed by atoms with Gasteiger partial charge in [-0.2, -0.15) is 49.2 Å². The van der Waals surface area contributed by atoms with E-state index in [-0.39, 0.29) is 25.9 Å². The molecule has 13 rings (SSSR count). The number of rotatable bonds is 6. The molecule has 72 heavy (non-hydrogen) atoms. The van der Waals surface area contributed by atoms with E-state index in [1.54, 1.807) is 0 Å². The summed E-state index contributed by atoms with van der Waals surface area (Å²) in [5, 5.41) is 29.1. The Kier molecular flexibility index (Phi) is 13.4. The van der Waals surface area contributed by atoms with Crippen molar-refractivity contribution in [1.29, 1.82) is 0 Å². The van der Waals surface area contributed by atoms with Gasteiger partial charge in [0, 0.05) is 0 Å². The standard InChI is InChI=1S/C49H38N2O4S2.2C7H7.Hf/c1-30-22-36(48(52)44(24-30)50-40-16-7-3-12-32(40)33-13-4-8-17-41(33)50)38-26-54-28-46(38)56-20-11-21-57-47-29-55-27-39(47)37-23-31(2)25-45(49(37)53)51-42-18-9-5-14-34(42)35-15-6-10-19-43(35)51;2*1-7-5-3-2-4-6-7;/h3-10,12-19,22-29,52-53H,11,20-21H2,1-2H3;2*2-6H,1H2;/q;2*-1;. The summed E-state index contributed by atoms with van der Waals surface area (Å²) < 4.78 is 16.5. The number of benzene rings is 8. The average Bonchev–Trinajstić information content (AvgIpc) is 4.23. The molecule has 9 heteroatoms. The molecule has 0 saturated heterocycles. The third-order valence-electron chi connectivity index (χ3n) is 13.1. The molecule has 0 fully saturated rings. The predicted octanol–water partition coefficient (Wildman–Crippen LogP) is 17.4. The first kappa shape index (κ1) is 47.2. The molecule has 2 unspecified atom stereocenters. The van der Waals surface area contributed by atoms with E-state index in [2.05, 4.69) is 158 Å². The topological polar surface area (TPSA) is 76.6 Å². The minimum absolute atomic E-state index is 0.0459. The number of phenols is 2. The molecule has 0 bridgehead atoms. The molecular weight excluding hydrogens is 1090 g/mol. The Balaban J connectivity index is 0.000000347. The van der Waals surface area contributed by atoms with Crippen LogP contribution in [0.25, 0.3) is 77.2 Å². The van der Waals surface area contributed by atoms with Crippen LogP contribution in [0.1, 0.15) is 28.7 Å². The van der Waals surface area contributed by atoms with Gasteiger partial charge in [0.05, 0.1) is 0 Å². The van der Waals surface area contributed by atoms with Crippen LogP contribution in [0.4, 0.5) is 0 Å². The van der Waals surface area contributed by atoms with Crippen molar-refractivity contribution in [2.75, 3.05) is 11.5 Å². The summed E-state index contributed by atoms with van der Waals surface area (Å²) in [6.45, 7) is 11.6. The summed E-state index contributed by atoms with van der Waals surface area (Å²) >= 11 is -1.43. The Bertz CT molecular complexity index is 3660. The van der Waals surface area contributed by atoms with Crippen LogP contribution in [0.2, 0.25) is 0 Å². The van der Waals surface area contributed by atoms with Crippen molar-refractivity contribution in [3.63, 3.8) is 0 Å². The second-order valence-electron chi connectivity index (χ2n) is 18.0. The van der Waals surface area contributed by atoms with Crippen molar-refractivity contribution in [1.82, 2.24) is 9.13 Å². The van der Waals surface area contributed by atoms with E-state index in [0.29, 0.717) is 0 Å². The van der Waals surface area contributed by atoms with Gasteiger partial charge in [-0.05, 0) is 0 Å². The second kappa shape index (κ2) is 20.5. The third-order valence-corrected chi connectivity index (χ3v) is 39.9. The van der Waals surface area contributed by atoms with Crippen molar-refractivity contribution in [3.05, 3.63) is 243 Å². The van der Waals surface area contributed by atoms with E-state index < -0.39 is 18.9 Å². The Labute approximate surface area is 431 Å². The summed E-state index contributed by atoms with van der Waals surface area (Å²) in [5.74, 6) is 2.79. The Morgan fingerprint density at radius 3 is 1.10 bits per heavy atom. The fourth-order valence-corrected chi connectivity index (χ4v) is 40.4. The molecular formula is C63H52HfN2O4S2-2. The molecule has 0 saturated carbocycles. The van der Waals surface area contributed by atoms with Gasteiger partial charge in [-0.25, -0.2) is 0 Å². The van der Waals surface area contributed by atoms with E-state index in [9.17, 15) is 10.2 Å². The van der Waals surface area contributed by atoms with Crippen LogP contribution < -0.4 is 0 Å². The summed E-state index contributed by atoms with van der Waals surface area (Å²) in [6.07, 6.45) is 8.68. The Morgan fingerprint density at radius 1 is 0.431 bits per heavy atom. The summed E-state index contributed by atoms with van der Waals surface area (Å²) in [6, 6.07) is 61.8. The van der Waals surface area contributed by atoms with Gasteiger partial charge in [0.1, 0.15) is 0 Å². The number of furan rings is 2. The molecule has 12 aromatic rings. The van der Waals surface area contributed by atoms with E-state index in [0.717, 1.165) is 117 Å². The molecule has 2 atom stereocenters. The van der Waals surface area contributed by atoms with Crippen LogP contribution in [0.5, 0.6) is 11.5 Å². The first-order valence-corrected chi connectivity index (χ1v) is 35.5. The maximum absolute atomic E-state index is 12.2. The SMILES string of the molecule is Cc1cc(-c2cocc2[S]2=[Hf]=[S](c3cocc3-c3cc(C)cc(-n4c5ccccc5c5ccccc54)c3O)CCC2)c(O)c(-n2c3ccccc3c3ccccc32)c1.[CH2-]c1ccccc1.[CH2-]c1ccccc1. The maximum Gasteiger partial charge on any atom is -0.0866 e. The fraction of sp³-hybridized carbons (Fsp3) is 0.0794. The number of nitrogens with zero attached hydrogens (tertiary/aromatic N) is 2. The van der Waals surface area contributed by atoms with Crippen LogP contribution in [-0.2, 0) is 18.9 Å². The minimum atomic E-state index is -1.43. The van der Waals surface area contributed by atoms with Crippen LogP contribution in [0, 0.1) is 27.7 Å². The average molecular weight is 1140 g/mol. The summed E-state index contributed by atoms with van der Waals surface area (Å²) in [4.78, 5) is 2.46. The monoisotopic (exact) mass is 1140 g/mol. The van der Waals surface area contributed by atoms with Crippen molar-refractivity contribution >= 4 is 58.0 Å². The summed E-state index contributed by atoms with van der Waals surface area (Å²) in [7, 11) is 0.0917. The molecule has 0 amide bonds. The zero-order valence-corrected chi connectivity index (χ0v) is 45.3. The molecule has 0 spiro atoms. The zero-order chi connectivity index (χ0) is 49.3. The number of aromatic hydroxyl groups is 2. The molecule has 1 aliphatic rings. The number of hydrogen-bond donors (Lipinski definition) is 2. The summed E-state index contributed by atoms with van der Waals surface area (Å²) in [5.41, 5.74) is 13.7. The van der Waals surface area contributed by atoms with Gasteiger partial charge in [-0.1, -0.05) is 12.1 Å². The van der Waals surface area contributed by atoms with Gasteiger partial charge >= 0.3 is 349 Å². The number of para-hydroxylation sites is 4. The Hall–Kier alpha value is -7.17. The number of phenolic OH excluding ortho intramolecular Hbond substituents is 2. The molecule has 1 aliphatic heterocycles. The van der Waals surface area contributed by atoms with Crippen molar-refractivity contribution < 1.29 is 37.9 Å². The minimum Gasteiger partial charge on any atom is -0.199 e. The number of aromatic nitrogens is 2. The zero-order valence-electron chi connectivity index (χ0n) is 40.1. The van der Waals surface area contributed by atoms with E-state index >= 15 is 0 Å². The number of hydrogen-bond acceptors (Lipinski definition) is 4. The van der Waals surface area contributed by atoms with Gasteiger partial charge in [0.15, 0.2) is 0 Å². The van der Waals surface area contributed by atoms with Crippen LogP contribution in [0.3, 0.4) is 0 Å². The largest absolute Gasteiger partial charge is 0.199 e. The predicted molar refractivity (Wildman–Crippen MR) is 298 cm³/mol. The van der Waals surface area contributed by atoms with Crippen LogP contribution >= 0.6 is 14.4 Å².